The van der Waals surface area contributed by atoms with Gasteiger partial charge in [0.05, 0.1) is 0 Å². The fourth-order valence-electron chi connectivity index (χ4n) is 0.748. The van der Waals surface area contributed by atoms with Crippen LogP contribution in [0, 0.1) is 0 Å². The summed E-state index contributed by atoms with van der Waals surface area (Å²) in [6.07, 6.45) is 5.41. The van der Waals surface area contributed by atoms with Crippen molar-refractivity contribution in [2.75, 3.05) is 6.54 Å². The summed E-state index contributed by atoms with van der Waals surface area (Å²) in [6.45, 7) is 0.876. The molecule has 0 heterocycles. The molecule has 0 aromatic heterocycles. The van der Waals surface area contributed by atoms with Crippen molar-refractivity contribution in [3.63, 3.8) is 0 Å². The van der Waals surface area contributed by atoms with Crippen molar-refractivity contribution in [2.45, 2.75) is 31.7 Å². The average Bonchev–Trinajstić information content (AvgIpc) is 1.81. The van der Waals surface area contributed by atoms with Gasteiger partial charge in [0.15, 0.2) is 0 Å². The molecule has 0 aromatic carbocycles. The van der Waals surface area contributed by atoms with Gasteiger partial charge in [-0.15, -0.1) is 0 Å². The molecule has 0 spiro atoms. The maximum absolute atomic E-state index is 5.32. The lowest BCUT2D eigenvalue weighted by atomic mass is 10.2. The van der Waals surface area contributed by atoms with Crippen molar-refractivity contribution in [1.82, 2.24) is 0 Å². The van der Waals surface area contributed by atoms with E-state index in [4.69, 9.17) is 5.73 Å². The molecule has 50 valence electrons. The SMILES string of the molecule is NCCCCCC[SiH3]. The highest BCUT2D eigenvalue weighted by atomic mass is 28.1. The first-order valence-corrected chi connectivity index (χ1v) is 5.03. The molecule has 2 N–H and O–H groups in total. The van der Waals surface area contributed by atoms with Crippen molar-refractivity contribution in [2.24, 2.45) is 5.73 Å². The largest absolute Gasteiger partial charge is 0.330 e. The Morgan fingerprint density at radius 2 is 1.62 bits per heavy atom. The molecule has 0 bridgehead atoms. The minimum atomic E-state index is 0.876. The summed E-state index contributed by atoms with van der Waals surface area (Å²) in [5.74, 6) is 0. The summed E-state index contributed by atoms with van der Waals surface area (Å²) in [6, 6.07) is 1.46. The van der Waals surface area contributed by atoms with E-state index in [1.165, 1.54) is 42.0 Å². The van der Waals surface area contributed by atoms with E-state index in [0.29, 0.717) is 0 Å². The van der Waals surface area contributed by atoms with Crippen LogP contribution in [0.1, 0.15) is 25.7 Å². The van der Waals surface area contributed by atoms with Crippen LogP contribution in [0.3, 0.4) is 0 Å². The van der Waals surface area contributed by atoms with E-state index in [1.807, 2.05) is 0 Å². The normalized spacial score (nSPS) is 10.1. The quantitative estimate of drug-likeness (QED) is 0.421. The molecule has 0 saturated heterocycles. The van der Waals surface area contributed by atoms with Crippen LogP contribution in [-0.4, -0.2) is 16.8 Å². The predicted octanol–water partition coefficient (Wildman–Crippen LogP) is 0.289. The van der Waals surface area contributed by atoms with Gasteiger partial charge in [0.2, 0.25) is 0 Å². The Morgan fingerprint density at radius 1 is 1.00 bits per heavy atom. The topological polar surface area (TPSA) is 26.0 Å². The molecular formula is C6H17NSi. The third-order valence-electron chi connectivity index (χ3n) is 1.31. The Labute approximate surface area is 55.1 Å². The van der Waals surface area contributed by atoms with E-state index in [9.17, 15) is 0 Å². The molecule has 2 heteroatoms. The molecule has 0 amide bonds. The van der Waals surface area contributed by atoms with E-state index in [2.05, 4.69) is 0 Å². The van der Waals surface area contributed by atoms with E-state index < -0.39 is 0 Å². The second-order valence-electron chi connectivity index (χ2n) is 2.20. The second-order valence-corrected chi connectivity index (χ2v) is 3.20. The van der Waals surface area contributed by atoms with Crippen LogP contribution in [0.5, 0.6) is 0 Å². The fourth-order valence-corrected chi connectivity index (χ4v) is 1.25. The third-order valence-corrected chi connectivity index (χ3v) is 2.01. The van der Waals surface area contributed by atoms with Gasteiger partial charge in [-0.05, 0) is 13.0 Å². The molecule has 0 saturated carbocycles. The monoisotopic (exact) mass is 131 g/mol. The average molecular weight is 131 g/mol. The molecule has 0 radical (unpaired) electrons. The molecule has 0 fully saturated rings. The number of rotatable bonds is 5. The Balaban J connectivity index is 2.53. The maximum Gasteiger partial charge on any atom is 0.00279 e. The maximum atomic E-state index is 5.32. The summed E-state index contributed by atoms with van der Waals surface area (Å²) in [5.41, 5.74) is 5.32. The minimum Gasteiger partial charge on any atom is -0.330 e. The van der Waals surface area contributed by atoms with Gasteiger partial charge in [-0.2, -0.15) is 0 Å². The lowest BCUT2D eigenvalue weighted by Crippen LogP contribution is -1.97. The van der Waals surface area contributed by atoms with Crippen LogP contribution in [0.25, 0.3) is 0 Å². The number of nitrogens with two attached hydrogens (primary N) is 1. The summed E-state index contributed by atoms with van der Waals surface area (Å²) in [5, 5.41) is 0. The summed E-state index contributed by atoms with van der Waals surface area (Å²) in [4.78, 5) is 0. The van der Waals surface area contributed by atoms with Crippen LogP contribution < -0.4 is 5.73 Å². The van der Waals surface area contributed by atoms with Gasteiger partial charge in [0.25, 0.3) is 0 Å². The minimum absolute atomic E-state index is 0.876. The zero-order valence-electron chi connectivity index (χ0n) is 5.82. The Morgan fingerprint density at radius 3 is 2.12 bits per heavy atom. The van der Waals surface area contributed by atoms with E-state index in [1.54, 1.807) is 0 Å². The smallest absolute Gasteiger partial charge is 0.00279 e. The molecule has 0 aliphatic carbocycles. The molecule has 0 aliphatic heterocycles. The number of hydrogen-bond acceptors (Lipinski definition) is 1. The van der Waals surface area contributed by atoms with E-state index in [0.717, 1.165) is 6.54 Å². The molecule has 0 rings (SSSR count). The highest BCUT2D eigenvalue weighted by molar-refractivity contribution is 6.08. The van der Waals surface area contributed by atoms with Gasteiger partial charge in [0.1, 0.15) is 0 Å². The van der Waals surface area contributed by atoms with Crippen molar-refractivity contribution >= 4 is 10.2 Å². The van der Waals surface area contributed by atoms with Gasteiger partial charge in [-0.1, -0.05) is 25.3 Å². The number of unbranched alkanes of at least 4 members (excludes halogenated alkanes) is 3. The molecule has 1 nitrogen and oxygen atoms in total. The number of hydrogen-bond donors (Lipinski definition) is 1. The third kappa shape index (κ3) is 6.18. The summed E-state index contributed by atoms with van der Waals surface area (Å²) < 4.78 is 0. The van der Waals surface area contributed by atoms with Gasteiger partial charge < -0.3 is 5.73 Å². The molecule has 0 aliphatic rings. The van der Waals surface area contributed by atoms with Gasteiger partial charge in [-0.25, -0.2) is 0 Å². The Bertz CT molecular complexity index is 33.5. The van der Waals surface area contributed by atoms with Crippen LogP contribution in [-0.2, 0) is 0 Å². The zero-order chi connectivity index (χ0) is 6.24. The van der Waals surface area contributed by atoms with Crippen LogP contribution in [0.15, 0.2) is 0 Å². The van der Waals surface area contributed by atoms with E-state index >= 15 is 0 Å². The van der Waals surface area contributed by atoms with Crippen LogP contribution in [0.4, 0.5) is 0 Å². The molecule has 8 heavy (non-hydrogen) atoms. The lowest BCUT2D eigenvalue weighted by Gasteiger charge is -1.93. The van der Waals surface area contributed by atoms with Crippen molar-refractivity contribution in [1.29, 1.82) is 0 Å². The lowest BCUT2D eigenvalue weighted by molar-refractivity contribution is 0.674. The van der Waals surface area contributed by atoms with Crippen molar-refractivity contribution in [3.05, 3.63) is 0 Å². The summed E-state index contributed by atoms with van der Waals surface area (Å²) in [7, 11) is 1.38. The van der Waals surface area contributed by atoms with Crippen LogP contribution in [0.2, 0.25) is 6.04 Å². The Hall–Kier alpha value is 0.177. The Kier molecular flexibility index (Phi) is 7.34. The highest BCUT2D eigenvalue weighted by Gasteiger charge is 1.83. The summed E-state index contributed by atoms with van der Waals surface area (Å²) >= 11 is 0. The standard InChI is InChI=1S/C6H17NSi/c7-5-3-1-2-4-6-8/h1-7H2,8H3. The second kappa shape index (κ2) is 7.18. The fraction of sp³-hybridized carbons (Fsp3) is 1.00. The first-order chi connectivity index (χ1) is 3.91. The first-order valence-electron chi connectivity index (χ1n) is 3.62. The zero-order valence-corrected chi connectivity index (χ0v) is 7.82. The van der Waals surface area contributed by atoms with Crippen LogP contribution >= 0.6 is 0 Å². The predicted molar refractivity (Wildman–Crippen MR) is 42.3 cm³/mol. The van der Waals surface area contributed by atoms with Gasteiger partial charge in [-0.3, -0.25) is 0 Å². The van der Waals surface area contributed by atoms with E-state index in [-0.39, 0.29) is 0 Å². The molecule has 0 aromatic rings. The van der Waals surface area contributed by atoms with Crippen molar-refractivity contribution in [3.8, 4) is 0 Å². The molecular weight excluding hydrogens is 114 g/mol. The molecule has 0 unspecified atom stereocenters. The molecule has 0 atom stereocenters. The van der Waals surface area contributed by atoms with Gasteiger partial charge in [0, 0.05) is 10.2 Å². The first kappa shape index (κ1) is 8.18. The van der Waals surface area contributed by atoms with Crippen molar-refractivity contribution < 1.29 is 0 Å². The highest BCUT2D eigenvalue weighted by Crippen LogP contribution is 1.99. The van der Waals surface area contributed by atoms with Gasteiger partial charge >= 0.3 is 0 Å².